The maximum Gasteiger partial charge on any atom is 0.122 e. The molecule has 0 spiro atoms. The minimum absolute atomic E-state index is 0.0644. The number of allylic oxidation sites excluding steroid dienone is 2. The van der Waals surface area contributed by atoms with Crippen LogP contribution in [0.2, 0.25) is 0 Å². The lowest BCUT2D eigenvalue weighted by Crippen LogP contribution is -2.39. The molecule has 0 radical (unpaired) electrons. The Morgan fingerprint density at radius 1 is 1.55 bits per heavy atom. The fraction of sp³-hybridized carbons (Fsp3) is 0.500. The lowest BCUT2D eigenvalue weighted by atomic mass is 9.94. The average molecular weight is 156 g/mol. The molecule has 1 aliphatic carbocycles. The molecule has 1 aliphatic rings. The fourth-order valence-electron chi connectivity index (χ4n) is 1.17. The molecule has 0 fully saturated rings. The highest BCUT2D eigenvalue weighted by Gasteiger charge is 2.18. The first-order valence-electron chi connectivity index (χ1n) is 3.67. The molecule has 3 N–H and O–H groups in total. The first-order chi connectivity index (χ1) is 5.15. The van der Waals surface area contributed by atoms with E-state index in [9.17, 15) is 4.39 Å². The summed E-state index contributed by atoms with van der Waals surface area (Å²) in [6, 6.07) is 0.0644. The molecule has 0 aromatic carbocycles. The highest BCUT2D eigenvalue weighted by molar-refractivity contribution is 5.30. The van der Waals surface area contributed by atoms with Crippen LogP contribution >= 0.6 is 0 Å². The largest absolute Gasteiger partial charge is 0.271 e. The highest BCUT2D eigenvalue weighted by Crippen LogP contribution is 2.22. The summed E-state index contributed by atoms with van der Waals surface area (Å²) >= 11 is 0. The standard InChI is InChI=1S/C8H13FN2/c1-5-4-8(11-10)6(2)3-7(5)9/h3-4,6,8,11H,10H2,1-2H3. The minimum atomic E-state index is -0.135. The topological polar surface area (TPSA) is 38.0 Å². The van der Waals surface area contributed by atoms with Gasteiger partial charge in [-0.15, -0.1) is 0 Å². The van der Waals surface area contributed by atoms with E-state index < -0.39 is 0 Å². The highest BCUT2D eigenvalue weighted by atomic mass is 19.1. The van der Waals surface area contributed by atoms with Crippen molar-refractivity contribution in [2.45, 2.75) is 19.9 Å². The number of halogens is 1. The summed E-state index contributed by atoms with van der Waals surface area (Å²) < 4.78 is 12.9. The van der Waals surface area contributed by atoms with Gasteiger partial charge in [-0.25, -0.2) is 4.39 Å². The van der Waals surface area contributed by atoms with Gasteiger partial charge in [0.05, 0.1) is 0 Å². The Morgan fingerprint density at radius 2 is 2.18 bits per heavy atom. The van der Waals surface area contributed by atoms with Crippen molar-refractivity contribution >= 4 is 0 Å². The summed E-state index contributed by atoms with van der Waals surface area (Å²) in [4.78, 5) is 0. The Kier molecular flexibility index (Phi) is 2.42. The Bertz CT molecular complexity index is 208. The van der Waals surface area contributed by atoms with Crippen LogP contribution in [0.5, 0.6) is 0 Å². The summed E-state index contributed by atoms with van der Waals surface area (Å²) in [6.45, 7) is 3.66. The molecular formula is C8H13FN2. The minimum Gasteiger partial charge on any atom is -0.271 e. The van der Waals surface area contributed by atoms with Gasteiger partial charge >= 0.3 is 0 Å². The summed E-state index contributed by atoms with van der Waals surface area (Å²) in [5.41, 5.74) is 3.28. The molecule has 0 saturated carbocycles. The third-order valence-electron chi connectivity index (χ3n) is 1.97. The maximum atomic E-state index is 12.9. The summed E-state index contributed by atoms with van der Waals surface area (Å²) in [5.74, 6) is 5.25. The van der Waals surface area contributed by atoms with E-state index in [1.165, 1.54) is 0 Å². The maximum absolute atomic E-state index is 12.9. The molecule has 62 valence electrons. The van der Waals surface area contributed by atoms with Gasteiger partial charge in [-0.05, 0) is 24.5 Å². The number of rotatable bonds is 1. The molecule has 11 heavy (non-hydrogen) atoms. The van der Waals surface area contributed by atoms with Gasteiger partial charge in [0.1, 0.15) is 5.83 Å². The quantitative estimate of drug-likeness (QED) is 0.443. The molecule has 0 heterocycles. The molecule has 2 atom stereocenters. The lowest BCUT2D eigenvalue weighted by Gasteiger charge is -2.21. The van der Waals surface area contributed by atoms with E-state index in [0.29, 0.717) is 5.57 Å². The van der Waals surface area contributed by atoms with Gasteiger partial charge in [0.15, 0.2) is 0 Å². The van der Waals surface area contributed by atoms with Crippen LogP contribution in [0.3, 0.4) is 0 Å². The first-order valence-corrected chi connectivity index (χ1v) is 3.67. The van der Waals surface area contributed by atoms with Crippen LogP contribution in [-0.2, 0) is 0 Å². The van der Waals surface area contributed by atoms with E-state index in [0.717, 1.165) is 0 Å². The summed E-state index contributed by atoms with van der Waals surface area (Å²) in [6.07, 6.45) is 3.39. The predicted octanol–water partition coefficient (Wildman–Crippen LogP) is 1.27. The monoisotopic (exact) mass is 156 g/mol. The van der Waals surface area contributed by atoms with Gasteiger partial charge in [0.25, 0.3) is 0 Å². The van der Waals surface area contributed by atoms with E-state index in [1.54, 1.807) is 19.1 Å². The summed E-state index contributed by atoms with van der Waals surface area (Å²) in [5, 5.41) is 0. The SMILES string of the molecule is CC1=CC(NN)C(C)C=C1F. The van der Waals surface area contributed by atoms with Crippen LogP contribution in [-0.4, -0.2) is 6.04 Å². The number of nitrogens with one attached hydrogen (secondary N) is 1. The van der Waals surface area contributed by atoms with Crippen LogP contribution in [0.1, 0.15) is 13.8 Å². The molecule has 0 aromatic heterocycles. The number of hydrogen-bond acceptors (Lipinski definition) is 2. The van der Waals surface area contributed by atoms with Gasteiger partial charge in [-0.3, -0.25) is 11.3 Å². The van der Waals surface area contributed by atoms with Crippen molar-refractivity contribution in [2.75, 3.05) is 0 Å². The molecule has 0 aliphatic heterocycles. The van der Waals surface area contributed by atoms with Gasteiger partial charge in [-0.1, -0.05) is 13.0 Å². The smallest absolute Gasteiger partial charge is 0.122 e. The molecule has 2 unspecified atom stereocenters. The molecule has 2 nitrogen and oxygen atoms in total. The third-order valence-corrected chi connectivity index (χ3v) is 1.97. The second-order valence-corrected chi connectivity index (χ2v) is 2.92. The van der Waals surface area contributed by atoms with Crippen LogP contribution in [0.15, 0.2) is 23.6 Å². The average Bonchev–Trinajstić information content (AvgIpc) is 1.97. The third kappa shape index (κ3) is 1.67. The zero-order chi connectivity index (χ0) is 8.43. The molecular weight excluding hydrogens is 143 g/mol. The van der Waals surface area contributed by atoms with Crippen molar-refractivity contribution < 1.29 is 4.39 Å². The van der Waals surface area contributed by atoms with Crippen LogP contribution < -0.4 is 11.3 Å². The van der Waals surface area contributed by atoms with E-state index in [2.05, 4.69) is 5.43 Å². The second kappa shape index (κ2) is 3.15. The van der Waals surface area contributed by atoms with Crippen LogP contribution in [0.25, 0.3) is 0 Å². The van der Waals surface area contributed by atoms with E-state index >= 15 is 0 Å². The Balaban J connectivity index is 2.79. The van der Waals surface area contributed by atoms with E-state index in [1.807, 2.05) is 6.92 Å². The Labute approximate surface area is 65.9 Å². The number of hydrogen-bond donors (Lipinski definition) is 2. The molecule has 0 saturated heterocycles. The second-order valence-electron chi connectivity index (χ2n) is 2.92. The van der Waals surface area contributed by atoms with Crippen LogP contribution in [0, 0.1) is 5.92 Å². The van der Waals surface area contributed by atoms with Crippen molar-refractivity contribution in [3.8, 4) is 0 Å². The van der Waals surface area contributed by atoms with E-state index in [4.69, 9.17) is 5.84 Å². The zero-order valence-corrected chi connectivity index (χ0v) is 6.76. The molecule has 0 aromatic rings. The van der Waals surface area contributed by atoms with Gasteiger partial charge in [0.2, 0.25) is 0 Å². The van der Waals surface area contributed by atoms with Gasteiger partial charge in [0, 0.05) is 6.04 Å². The van der Waals surface area contributed by atoms with Gasteiger partial charge < -0.3 is 0 Å². The van der Waals surface area contributed by atoms with Crippen molar-refractivity contribution in [1.29, 1.82) is 0 Å². The van der Waals surface area contributed by atoms with Crippen molar-refractivity contribution in [2.24, 2.45) is 11.8 Å². The number of nitrogens with two attached hydrogens (primary N) is 1. The molecule has 1 rings (SSSR count). The Morgan fingerprint density at radius 3 is 2.73 bits per heavy atom. The molecule has 3 heteroatoms. The predicted molar refractivity (Wildman–Crippen MR) is 43.2 cm³/mol. The van der Waals surface area contributed by atoms with Crippen LogP contribution in [0.4, 0.5) is 4.39 Å². The van der Waals surface area contributed by atoms with Gasteiger partial charge in [-0.2, -0.15) is 0 Å². The fourth-order valence-corrected chi connectivity index (χ4v) is 1.17. The Hall–Kier alpha value is -0.670. The molecule has 0 amide bonds. The zero-order valence-electron chi connectivity index (χ0n) is 6.76. The summed E-state index contributed by atoms with van der Waals surface area (Å²) in [7, 11) is 0. The lowest BCUT2D eigenvalue weighted by molar-refractivity contribution is 0.484. The van der Waals surface area contributed by atoms with Crippen molar-refractivity contribution in [3.63, 3.8) is 0 Å². The number of hydrazine groups is 1. The normalized spacial score (nSPS) is 31.3. The molecule has 0 bridgehead atoms. The van der Waals surface area contributed by atoms with E-state index in [-0.39, 0.29) is 17.8 Å². The van der Waals surface area contributed by atoms with Crippen molar-refractivity contribution in [3.05, 3.63) is 23.6 Å². The first kappa shape index (κ1) is 8.43. The van der Waals surface area contributed by atoms with Crippen molar-refractivity contribution in [1.82, 2.24) is 5.43 Å².